The number of anilines is 1. The van der Waals surface area contributed by atoms with Crippen LogP contribution in [0.4, 0.5) is 5.82 Å². The fourth-order valence-electron chi connectivity index (χ4n) is 3.05. The lowest BCUT2D eigenvalue weighted by Crippen LogP contribution is -2.38. The lowest BCUT2D eigenvalue weighted by molar-refractivity contribution is -0.136. The van der Waals surface area contributed by atoms with Crippen LogP contribution in [0.3, 0.4) is 0 Å². The van der Waals surface area contributed by atoms with E-state index in [2.05, 4.69) is 22.7 Å². The van der Waals surface area contributed by atoms with Gasteiger partial charge in [-0.1, -0.05) is 30.3 Å². The van der Waals surface area contributed by atoms with Crippen LogP contribution < -0.4 is 10.6 Å². The monoisotopic (exact) mass is 356 g/mol. The third-order valence-electron chi connectivity index (χ3n) is 4.73. The van der Waals surface area contributed by atoms with E-state index in [9.17, 15) is 14.7 Å². The van der Waals surface area contributed by atoms with Crippen LogP contribution in [0.5, 0.6) is 0 Å². The zero-order valence-corrected chi connectivity index (χ0v) is 14.8. The molecule has 2 amide bonds. The summed E-state index contributed by atoms with van der Waals surface area (Å²) in [6.45, 7) is 1.97. The number of amides is 2. The molecule has 0 unspecified atom stereocenters. The summed E-state index contributed by atoms with van der Waals surface area (Å²) in [7, 11) is 0. The van der Waals surface area contributed by atoms with Crippen LogP contribution in [0.1, 0.15) is 43.8 Å². The molecule has 0 saturated heterocycles. The fourth-order valence-corrected chi connectivity index (χ4v) is 3.05. The summed E-state index contributed by atoms with van der Waals surface area (Å²) in [5.74, 6) is -0.387. The van der Waals surface area contributed by atoms with Gasteiger partial charge in [-0.3, -0.25) is 9.59 Å². The molecular weight excluding hydrogens is 332 g/mol. The van der Waals surface area contributed by atoms with Crippen molar-refractivity contribution < 1.29 is 14.7 Å². The van der Waals surface area contributed by atoms with E-state index in [-0.39, 0.29) is 12.6 Å². The Kier molecular flexibility index (Phi) is 5.68. The molecule has 1 heterocycles. The Morgan fingerprint density at radius 3 is 2.62 bits per heavy atom. The highest BCUT2D eigenvalue weighted by Crippen LogP contribution is 2.40. The van der Waals surface area contributed by atoms with Gasteiger partial charge in [0.2, 0.25) is 0 Å². The first kappa shape index (κ1) is 18.1. The SMILES string of the molecule is C[C@H](C1CC1)n1nccc1NC(=O)C(=O)N[C@@H](CCO)c1ccccc1. The number of nitrogens with one attached hydrogen (secondary N) is 2. The largest absolute Gasteiger partial charge is 0.396 e. The van der Waals surface area contributed by atoms with E-state index in [0.29, 0.717) is 18.2 Å². The number of hydrogen-bond acceptors (Lipinski definition) is 4. The minimum Gasteiger partial charge on any atom is -0.396 e. The Morgan fingerprint density at radius 2 is 1.96 bits per heavy atom. The molecule has 1 aliphatic rings. The van der Waals surface area contributed by atoms with Crippen LogP contribution >= 0.6 is 0 Å². The van der Waals surface area contributed by atoms with Crippen LogP contribution in [0.25, 0.3) is 0 Å². The quantitative estimate of drug-likeness (QED) is 0.662. The van der Waals surface area contributed by atoms with Crippen molar-refractivity contribution in [3.63, 3.8) is 0 Å². The second-order valence-corrected chi connectivity index (χ2v) is 6.64. The summed E-state index contributed by atoms with van der Waals surface area (Å²) >= 11 is 0. The van der Waals surface area contributed by atoms with Crippen LogP contribution in [0.2, 0.25) is 0 Å². The van der Waals surface area contributed by atoms with E-state index < -0.39 is 17.9 Å². The van der Waals surface area contributed by atoms with Crippen molar-refractivity contribution in [3.8, 4) is 0 Å². The van der Waals surface area contributed by atoms with Gasteiger partial charge in [0.25, 0.3) is 0 Å². The predicted octanol–water partition coefficient (Wildman–Crippen LogP) is 2.03. The number of aromatic nitrogens is 2. The number of hydrogen-bond donors (Lipinski definition) is 3. The first-order valence-corrected chi connectivity index (χ1v) is 8.91. The van der Waals surface area contributed by atoms with Crippen LogP contribution in [-0.4, -0.2) is 33.3 Å². The van der Waals surface area contributed by atoms with Crippen LogP contribution in [0.15, 0.2) is 42.6 Å². The maximum absolute atomic E-state index is 12.3. The minimum absolute atomic E-state index is 0.0901. The lowest BCUT2D eigenvalue weighted by Gasteiger charge is -2.19. The van der Waals surface area contributed by atoms with Crippen molar-refractivity contribution in [1.29, 1.82) is 0 Å². The van der Waals surface area contributed by atoms with Crippen molar-refractivity contribution in [2.24, 2.45) is 5.92 Å². The van der Waals surface area contributed by atoms with E-state index in [1.807, 2.05) is 30.3 Å². The number of carbonyl (C=O) groups excluding carboxylic acids is 2. The third-order valence-corrected chi connectivity index (χ3v) is 4.73. The molecule has 1 saturated carbocycles. The molecule has 2 atom stereocenters. The fraction of sp³-hybridized carbons (Fsp3) is 0.421. The highest BCUT2D eigenvalue weighted by molar-refractivity contribution is 6.39. The minimum atomic E-state index is -0.742. The number of carbonyl (C=O) groups is 2. The summed E-state index contributed by atoms with van der Waals surface area (Å²) in [5, 5.41) is 18.8. The van der Waals surface area contributed by atoms with Gasteiger partial charge in [0.15, 0.2) is 0 Å². The molecular formula is C19H24N4O3. The van der Waals surface area contributed by atoms with Gasteiger partial charge < -0.3 is 15.7 Å². The molecule has 1 aromatic carbocycles. The highest BCUT2D eigenvalue weighted by atomic mass is 16.3. The molecule has 0 spiro atoms. The topological polar surface area (TPSA) is 96.2 Å². The second-order valence-electron chi connectivity index (χ2n) is 6.64. The zero-order chi connectivity index (χ0) is 18.5. The normalized spacial score (nSPS) is 15.9. The maximum atomic E-state index is 12.3. The Bertz CT molecular complexity index is 755. The smallest absolute Gasteiger partial charge is 0.314 e. The second kappa shape index (κ2) is 8.14. The Morgan fingerprint density at radius 1 is 1.23 bits per heavy atom. The van der Waals surface area contributed by atoms with Gasteiger partial charge in [0.05, 0.1) is 18.3 Å². The lowest BCUT2D eigenvalue weighted by atomic mass is 10.0. The summed E-state index contributed by atoms with van der Waals surface area (Å²) < 4.78 is 1.76. The van der Waals surface area contributed by atoms with Gasteiger partial charge in [-0.25, -0.2) is 4.68 Å². The van der Waals surface area contributed by atoms with Gasteiger partial charge in [0, 0.05) is 12.7 Å². The number of aliphatic hydroxyl groups is 1. The number of benzene rings is 1. The van der Waals surface area contributed by atoms with E-state index in [4.69, 9.17) is 0 Å². The summed E-state index contributed by atoms with van der Waals surface area (Å²) in [6.07, 6.45) is 4.27. The Hall–Kier alpha value is -2.67. The molecule has 3 N–H and O–H groups in total. The van der Waals surface area contributed by atoms with Crippen LogP contribution in [-0.2, 0) is 9.59 Å². The van der Waals surface area contributed by atoms with Crippen molar-refractivity contribution in [3.05, 3.63) is 48.2 Å². The van der Waals surface area contributed by atoms with Gasteiger partial charge in [-0.15, -0.1) is 0 Å². The van der Waals surface area contributed by atoms with E-state index >= 15 is 0 Å². The maximum Gasteiger partial charge on any atom is 0.314 e. The summed E-state index contributed by atoms with van der Waals surface area (Å²) in [4.78, 5) is 24.6. The molecule has 0 aliphatic heterocycles. The highest BCUT2D eigenvalue weighted by Gasteiger charge is 2.31. The zero-order valence-electron chi connectivity index (χ0n) is 14.8. The first-order valence-electron chi connectivity index (χ1n) is 8.91. The van der Waals surface area contributed by atoms with Crippen molar-refractivity contribution in [2.45, 2.75) is 38.3 Å². The average molecular weight is 356 g/mol. The molecule has 26 heavy (non-hydrogen) atoms. The van der Waals surface area contributed by atoms with Gasteiger partial charge in [-0.05, 0) is 37.7 Å². The molecule has 3 rings (SSSR count). The van der Waals surface area contributed by atoms with Gasteiger partial charge in [-0.2, -0.15) is 5.10 Å². The van der Waals surface area contributed by atoms with Crippen molar-refractivity contribution >= 4 is 17.6 Å². The predicted molar refractivity (Wildman–Crippen MR) is 97.3 cm³/mol. The molecule has 2 aromatic rings. The van der Waals surface area contributed by atoms with E-state index in [1.165, 1.54) is 0 Å². The number of rotatable bonds is 7. The molecule has 1 aromatic heterocycles. The molecule has 138 valence electrons. The van der Waals surface area contributed by atoms with Gasteiger partial charge in [0.1, 0.15) is 5.82 Å². The average Bonchev–Trinajstić information content (AvgIpc) is 3.41. The third kappa shape index (κ3) is 4.29. The molecule has 0 radical (unpaired) electrons. The Labute approximate surface area is 152 Å². The summed E-state index contributed by atoms with van der Waals surface area (Å²) in [6, 6.07) is 10.7. The Balaban J connectivity index is 1.64. The van der Waals surface area contributed by atoms with Crippen LogP contribution in [0, 0.1) is 5.92 Å². The van der Waals surface area contributed by atoms with Crippen molar-refractivity contribution in [1.82, 2.24) is 15.1 Å². The molecule has 0 bridgehead atoms. The standard InChI is InChI=1S/C19H24N4O3/c1-13(14-7-8-14)23-17(9-11-20-23)22-19(26)18(25)21-16(10-12-24)15-5-3-2-4-6-15/h2-6,9,11,13-14,16,24H,7-8,10,12H2,1H3,(H,21,25)(H,22,26)/t13-,16+/m1/s1. The molecule has 7 nitrogen and oxygen atoms in total. The number of nitrogens with zero attached hydrogens (tertiary/aromatic N) is 2. The molecule has 1 fully saturated rings. The number of aliphatic hydroxyl groups excluding tert-OH is 1. The molecule has 1 aliphatic carbocycles. The van der Waals surface area contributed by atoms with Gasteiger partial charge >= 0.3 is 11.8 Å². The van der Waals surface area contributed by atoms with Crippen molar-refractivity contribution in [2.75, 3.05) is 11.9 Å². The first-order chi connectivity index (χ1) is 12.6. The van der Waals surface area contributed by atoms with E-state index in [0.717, 1.165) is 18.4 Å². The summed E-state index contributed by atoms with van der Waals surface area (Å²) in [5.41, 5.74) is 0.843. The molecule has 7 heteroatoms. The van der Waals surface area contributed by atoms with E-state index in [1.54, 1.807) is 16.9 Å².